The molecule has 4 heterocycles. The Kier molecular flexibility index (Phi) is 5.63. The number of hydrogen-bond acceptors (Lipinski definition) is 8. The van der Waals surface area contributed by atoms with Crippen LogP contribution in [-0.4, -0.2) is 48.8 Å². The Morgan fingerprint density at radius 2 is 1.84 bits per heavy atom. The van der Waals surface area contributed by atoms with Crippen LogP contribution in [0.3, 0.4) is 0 Å². The fourth-order valence-electron chi connectivity index (χ4n) is 4.57. The third-order valence-corrected chi connectivity index (χ3v) is 6.76. The van der Waals surface area contributed by atoms with E-state index >= 15 is 0 Å². The molecule has 1 aliphatic rings. The molecule has 2 N–H and O–H groups in total. The summed E-state index contributed by atoms with van der Waals surface area (Å²) < 4.78 is 20.3. The molecule has 5 aromatic rings. The molecule has 2 atom stereocenters. The number of amides is 1. The Morgan fingerprint density at radius 3 is 2.55 bits per heavy atom. The first-order valence-corrected chi connectivity index (χ1v) is 12.2. The zero-order valence-electron chi connectivity index (χ0n) is 21.3. The van der Waals surface area contributed by atoms with Crippen LogP contribution in [-0.2, 0) is 0 Å². The summed E-state index contributed by atoms with van der Waals surface area (Å²) in [5.74, 6) is 0.592. The van der Waals surface area contributed by atoms with Gasteiger partial charge in [-0.15, -0.1) is 0 Å². The van der Waals surface area contributed by atoms with E-state index in [9.17, 15) is 9.18 Å². The molecule has 1 saturated carbocycles. The lowest BCUT2D eigenvalue weighted by atomic mass is 10.0. The van der Waals surface area contributed by atoms with Crippen molar-refractivity contribution in [2.75, 3.05) is 17.7 Å². The van der Waals surface area contributed by atoms with E-state index in [2.05, 4.69) is 35.8 Å². The average molecular weight is 513 g/mol. The van der Waals surface area contributed by atoms with E-state index in [0.29, 0.717) is 46.4 Å². The van der Waals surface area contributed by atoms with Crippen molar-refractivity contribution >= 4 is 23.1 Å². The van der Waals surface area contributed by atoms with Gasteiger partial charge in [0.2, 0.25) is 17.7 Å². The highest BCUT2D eigenvalue weighted by atomic mass is 19.1. The van der Waals surface area contributed by atoms with Gasteiger partial charge in [-0.1, -0.05) is 17.3 Å². The molecule has 4 aromatic heterocycles. The number of pyridine rings is 1. The standard InChI is InChI=1S/C27H25FN8O2/c1-13-5-6-17(24-34-26(38-35-24)18-11-20(18)28)9-21(13)33-25(37)19-12-30-36-8-7-16(10-22(19)36)23-14(2)31-27(29-4)32-15(23)3/h5-10,12,18,20H,11H2,1-4H3,(H,33,37)(H,29,31,32)/t18-,20-/m0/s1. The van der Waals surface area contributed by atoms with Gasteiger partial charge in [0.15, 0.2) is 0 Å². The molecule has 6 rings (SSSR count). The van der Waals surface area contributed by atoms with Crippen LogP contribution in [0.2, 0.25) is 0 Å². The van der Waals surface area contributed by atoms with E-state index in [4.69, 9.17) is 4.52 Å². The van der Waals surface area contributed by atoms with Crippen molar-refractivity contribution in [3.8, 4) is 22.5 Å². The van der Waals surface area contributed by atoms with Crippen LogP contribution in [0, 0.1) is 20.8 Å². The zero-order chi connectivity index (χ0) is 26.6. The zero-order valence-corrected chi connectivity index (χ0v) is 21.3. The number of aryl methyl sites for hydroxylation is 3. The van der Waals surface area contributed by atoms with Gasteiger partial charge in [-0.05, 0) is 56.5 Å². The SMILES string of the molecule is CNc1nc(C)c(-c2ccn3ncc(C(=O)Nc4cc(-c5noc([C@H]6C[C@@H]6F)n5)ccc4C)c3c2)c(C)n1. The quantitative estimate of drug-likeness (QED) is 0.330. The van der Waals surface area contributed by atoms with Crippen LogP contribution in [0.4, 0.5) is 16.0 Å². The number of carbonyl (C=O) groups is 1. The topological polar surface area (TPSA) is 123 Å². The van der Waals surface area contributed by atoms with Gasteiger partial charge in [0.1, 0.15) is 6.17 Å². The fraction of sp³-hybridized carbons (Fsp3) is 0.259. The van der Waals surface area contributed by atoms with Gasteiger partial charge >= 0.3 is 0 Å². The minimum Gasteiger partial charge on any atom is -0.357 e. The molecule has 0 aliphatic heterocycles. The van der Waals surface area contributed by atoms with E-state index in [1.54, 1.807) is 23.8 Å². The summed E-state index contributed by atoms with van der Waals surface area (Å²) in [4.78, 5) is 26.8. The van der Waals surface area contributed by atoms with Crippen molar-refractivity contribution in [1.82, 2.24) is 29.7 Å². The summed E-state index contributed by atoms with van der Waals surface area (Å²) in [5, 5.41) is 14.3. The molecule has 0 unspecified atom stereocenters. The summed E-state index contributed by atoms with van der Waals surface area (Å²) in [7, 11) is 1.78. The summed E-state index contributed by atoms with van der Waals surface area (Å²) in [6.45, 7) is 5.76. The maximum atomic E-state index is 13.4. The number of rotatable bonds is 6. The van der Waals surface area contributed by atoms with Crippen LogP contribution in [0.1, 0.15) is 45.5 Å². The highest BCUT2D eigenvalue weighted by Crippen LogP contribution is 2.43. The first-order valence-electron chi connectivity index (χ1n) is 12.2. The Hall–Kier alpha value is -4.67. The van der Waals surface area contributed by atoms with E-state index in [-0.39, 0.29) is 11.8 Å². The molecule has 0 bridgehead atoms. The van der Waals surface area contributed by atoms with Gasteiger partial charge in [-0.25, -0.2) is 18.9 Å². The van der Waals surface area contributed by atoms with Gasteiger partial charge in [-0.2, -0.15) is 10.1 Å². The number of anilines is 2. The largest absolute Gasteiger partial charge is 0.357 e. The summed E-state index contributed by atoms with van der Waals surface area (Å²) in [6, 6.07) is 9.34. The van der Waals surface area contributed by atoms with Crippen molar-refractivity contribution in [3.05, 3.63) is 71.1 Å². The van der Waals surface area contributed by atoms with Crippen LogP contribution in [0.25, 0.3) is 28.0 Å². The minimum absolute atomic E-state index is 0.303. The Bertz CT molecular complexity index is 1690. The first-order chi connectivity index (χ1) is 18.3. The van der Waals surface area contributed by atoms with Crippen molar-refractivity contribution in [2.24, 2.45) is 0 Å². The van der Waals surface area contributed by atoms with Crippen molar-refractivity contribution < 1.29 is 13.7 Å². The van der Waals surface area contributed by atoms with Gasteiger partial charge in [0, 0.05) is 30.1 Å². The molecular formula is C27H25FN8O2. The summed E-state index contributed by atoms with van der Waals surface area (Å²) in [5.41, 5.74) is 6.66. The monoisotopic (exact) mass is 512 g/mol. The fourth-order valence-corrected chi connectivity index (χ4v) is 4.57. The second-order valence-corrected chi connectivity index (χ2v) is 9.44. The molecular weight excluding hydrogens is 487 g/mol. The lowest BCUT2D eigenvalue weighted by Gasteiger charge is -2.12. The first kappa shape index (κ1) is 23.7. The number of aromatic nitrogens is 6. The van der Waals surface area contributed by atoms with E-state index < -0.39 is 6.17 Å². The lowest BCUT2D eigenvalue weighted by Crippen LogP contribution is -2.12. The molecule has 192 valence electrons. The molecule has 10 nitrogen and oxygen atoms in total. The van der Waals surface area contributed by atoms with Crippen molar-refractivity contribution in [3.63, 3.8) is 0 Å². The molecule has 1 fully saturated rings. The number of carbonyl (C=O) groups excluding carboxylic acids is 1. The number of benzene rings is 1. The number of nitrogens with zero attached hydrogens (tertiary/aromatic N) is 6. The third kappa shape index (κ3) is 4.15. The van der Waals surface area contributed by atoms with Gasteiger partial charge < -0.3 is 15.2 Å². The highest BCUT2D eigenvalue weighted by molar-refractivity contribution is 6.09. The van der Waals surface area contributed by atoms with E-state index in [1.807, 2.05) is 51.2 Å². The van der Waals surface area contributed by atoms with Crippen LogP contribution in [0.5, 0.6) is 0 Å². The molecule has 1 aromatic carbocycles. The van der Waals surface area contributed by atoms with Crippen LogP contribution < -0.4 is 10.6 Å². The van der Waals surface area contributed by atoms with Crippen LogP contribution in [0.15, 0.2) is 47.2 Å². The number of alkyl halides is 1. The normalized spacial score (nSPS) is 16.6. The second-order valence-electron chi connectivity index (χ2n) is 9.44. The summed E-state index contributed by atoms with van der Waals surface area (Å²) in [6.07, 6.45) is 2.85. The predicted octanol–water partition coefficient (Wildman–Crippen LogP) is 4.89. The van der Waals surface area contributed by atoms with Gasteiger partial charge in [0.05, 0.1) is 34.6 Å². The van der Waals surface area contributed by atoms with Crippen molar-refractivity contribution in [2.45, 2.75) is 39.3 Å². The van der Waals surface area contributed by atoms with Crippen LogP contribution >= 0.6 is 0 Å². The number of nitrogens with one attached hydrogen (secondary N) is 2. The summed E-state index contributed by atoms with van der Waals surface area (Å²) >= 11 is 0. The maximum absolute atomic E-state index is 13.4. The van der Waals surface area contributed by atoms with E-state index in [0.717, 1.165) is 28.1 Å². The second kappa shape index (κ2) is 9.02. The Labute approximate surface area is 217 Å². The molecule has 0 radical (unpaired) electrons. The number of halogens is 1. The Morgan fingerprint density at radius 1 is 1.08 bits per heavy atom. The minimum atomic E-state index is -0.921. The Balaban J connectivity index is 1.30. The molecule has 0 saturated heterocycles. The van der Waals surface area contributed by atoms with Crippen molar-refractivity contribution in [1.29, 1.82) is 0 Å². The number of fused-ring (bicyclic) bond motifs is 1. The van der Waals surface area contributed by atoms with E-state index in [1.165, 1.54) is 0 Å². The predicted molar refractivity (Wildman–Crippen MR) is 140 cm³/mol. The highest BCUT2D eigenvalue weighted by Gasteiger charge is 2.43. The van der Waals surface area contributed by atoms with Gasteiger partial charge in [0.25, 0.3) is 5.91 Å². The van der Waals surface area contributed by atoms with Gasteiger partial charge in [-0.3, -0.25) is 4.79 Å². The number of hydrogen-bond donors (Lipinski definition) is 2. The molecule has 1 aliphatic carbocycles. The average Bonchev–Trinajstić information content (AvgIpc) is 3.28. The lowest BCUT2D eigenvalue weighted by molar-refractivity contribution is 0.102. The molecule has 1 amide bonds. The molecule has 11 heteroatoms. The smallest absolute Gasteiger partial charge is 0.259 e. The molecule has 0 spiro atoms. The third-order valence-electron chi connectivity index (χ3n) is 6.76. The molecule has 38 heavy (non-hydrogen) atoms. The maximum Gasteiger partial charge on any atom is 0.259 e.